The molecule has 17 rings (SSSR count). The number of hydrogen-bond donors (Lipinski definition) is 0. The molecule has 0 N–H and O–H groups in total. The van der Waals surface area contributed by atoms with Crippen molar-refractivity contribution in [2.75, 3.05) is 0 Å². The third-order valence-electron chi connectivity index (χ3n) is 21.9. The van der Waals surface area contributed by atoms with Crippen molar-refractivity contribution in [2.24, 2.45) is 0 Å². The summed E-state index contributed by atoms with van der Waals surface area (Å²) in [4.78, 5) is 0. The maximum atomic E-state index is 8.19. The molecule has 12 aromatic carbocycles. The highest BCUT2D eigenvalue weighted by Crippen LogP contribution is 2.52. The minimum absolute atomic E-state index is 0.0193. The molecular weight excluding hydrogens is 1200 g/mol. The van der Waals surface area contributed by atoms with E-state index >= 15 is 0 Å². The van der Waals surface area contributed by atoms with E-state index in [9.17, 15) is 0 Å². The van der Waals surface area contributed by atoms with Crippen LogP contribution in [0.3, 0.4) is 0 Å². The second-order valence-corrected chi connectivity index (χ2v) is 39.0. The predicted molar refractivity (Wildman–Crippen MR) is 422 cm³/mol. The molecule has 12 aromatic rings. The molecule has 0 spiro atoms. The van der Waals surface area contributed by atoms with Crippen LogP contribution in [0.5, 0.6) is 11.5 Å². The molecule has 0 radical (unpaired) electrons. The lowest BCUT2D eigenvalue weighted by molar-refractivity contribution is 0.418. The SMILES string of the molecule is CC1(C)c2ccccc2-c2ccccc21.CC1(C)c2ccccc2C(C)(C)c2ccccc21.CC1(C)c2ccccc2Oc2ccccc21.C[Si](C)(c1ccccc1)c1ccccc1.C[Si]1(C)c2ccccc2-c2ccccc21.[2H]C([2H])([2H])C1(C([2H])([2H])[2H])c2ccccc2C(C)(C)c2ccccc21. The number of benzene rings is 12. The molecule has 0 saturated carbocycles. The molecule has 0 unspecified atom stereocenters. The van der Waals surface area contributed by atoms with E-state index in [1.165, 1.54) is 77.1 Å². The number of hydrogen-bond acceptors (Lipinski definition) is 1. The van der Waals surface area contributed by atoms with E-state index in [4.69, 9.17) is 13.0 Å². The van der Waals surface area contributed by atoms with E-state index < -0.39 is 40.7 Å². The molecule has 0 aromatic heterocycles. The maximum absolute atomic E-state index is 8.19. The highest BCUT2D eigenvalue weighted by molar-refractivity contribution is 7.03. The number of para-hydroxylation sites is 2. The van der Waals surface area contributed by atoms with Gasteiger partial charge in [-0.2, -0.15) is 0 Å². The Morgan fingerprint density at radius 3 is 0.773 bits per heavy atom. The van der Waals surface area contributed by atoms with Crippen LogP contribution >= 0.6 is 0 Å². The fourth-order valence-corrected chi connectivity index (χ4v) is 21.5. The highest BCUT2D eigenvalue weighted by atomic mass is 28.3. The Bertz CT molecular complexity index is 4580. The summed E-state index contributed by atoms with van der Waals surface area (Å²) in [7, 11) is -2.84. The van der Waals surface area contributed by atoms with Gasteiger partial charge in [-0.3, -0.25) is 0 Å². The number of fused-ring (bicyclic) bond motifs is 12. The van der Waals surface area contributed by atoms with E-state index in [1.54, 1.807) is 34.6 Å². The first-order valence-corrected chi connectivity index (χ1v) is 40.5. The minimum atomic E-state index is -2.71. The zero-order valence-electron chi connectivity index (χ0n) is 65.3. The first kappa shape index (κ1) is 60.3. The molecule has 5 aliphatic rings. The Kier molecular flexibility index (Phi) is 16.4. The molecule has 0 amide bonds. The third-order valence-corrected chi connectivity index (χ3v) is 29.0. The molecule has 1 nitrogen and oxygen atoms in total. The van der Waals surface area contributed by atoms with Gasteiger partial charge in [-0.1, -0.05) is 411 Å². The quantitative estimate of drug-likeness (QED) is 0.157. The molecular formula is C94H98OSi2. The third kappa shape index (κ3) is 12.4. The first-order valence-electron chi connectivity index (χ1n) is 37.5. The normalized spacial score (nSPS) is 17.5. The molecule has 3 aliphatic carbocycles. The Hall–Kier alpha value is -9.13. The van der Waals surface area contributed by atoms with Crippen molar-refractivity contribution in [3.8, 4) is 33.8 Å². The topological polar surface area (TPSA) is 9.23 Å². The average Bonchev–Trinajstić information content (AvgIpc) is 1.68. The molecule has 3 heteroatoms. The van der Waals surface area contributed by atoms with Crippen LogP contribution in [-0.2, 0) is 32.5 Å². The van der Waals surface area contributed by atoms with Crippen molar-refractivity contribution in [3.63, 3.8) is 0 Å². The lowest BCUT2D eigenvalue weighted by Gasteiger charge is -2.43. The Morgan fingerprint density at radius 2 is 0.464 bits per heavy atom. The van der Waals surface area contributed by atoms with Gasteiger partial charge in [0.1, 0.15) is 27.6 Å². The predicted octanol–water partition coefficient (Wildman–Crippen LogP) is 22.4. The van der Waals surface area contributed by atoms with Gasteiger partial charge in [-0.25, -0.2) is 0 Å². The van der Waals surface area contributed by atoms with Gasteiger partial charge in [0.05, 0.1) is 0 Å². The monoisotopic (exact) mass is 1300 g/mol. The zero-order valence-corrected chi connectivity index (χ0v) is 61.3. The zero-order chi connectivity index (χ0) is 73.8. The van der Waals surface area contributed by atoms with Gasteiger partial charge in [0.15, 0.2) is 0 Å². The van der Waals surface area contributed by atoms with Crippen molar-refractivity contribution in [1.29, 1.82) is 0 Å². The highest BCUT2D eigenvalue weighted by Gasteiger charge is 2.43. The van der Waals surface area contributed by atoms with E-state index in [0.29, 0.717) is 11.1 Å². The van der Waals surface area contributed by atoms with Gasteiger partial charge in [0.2, 0.25) is 0 Å². The van der Waals surface area contributed by atoms with Gasteiger partial charge in [0, 0.05) is 51.8 Å². The van der Waals surface area contributed by atoms with Crippen molar-refractivity contribution in [3.05, 3.63) is 370 Å². The minimum Gasteiger partial charge on any atom is -0.457 e. The van der Waals surface area contributed by atoms with Crippen LogP contribution in [0.25, 0.3) is 22.3 Å². The summed E-state index contributed by atoms with van der Waals surface area (Å²) in [6, 6.07) is 105. The van der Waals surface area contributed by atoms with Crippen LogP contribution in [0, 0.1) is 0 Å². The van der Waals surface area contributed by atoms with Gasteiger partial charge >= 0.3 is 0 Å². The van der Waals surface area contributed by atoms with Gasteiger partial charge in [-0.15, -0.1) is 0 Å². The Morgan fingerprint density at radius 1 is 0.247 bits per heavy atom. The summed E-state index contributed by atoms with van der Waals surface area (Å²) in [5.41, 5.74) is 17.2. The average molecular weight is 1310 g/mol. The molecule has 2 aliphatic heterocycles. The van der Waals surface area contributed by atoms with Crippen LogP contribution in [0.1, 0.15) is 158 Å². The van der Waals surface area contributed by atoms with Gasteiger partial charge in [0.25, 0.3) is 0 Å². The molecule has 488 valence electrons. The van der Waals surface area contributed by atoms with Crippen LogP contribution in [-0.4, -0.2) is 16.1 Å². The van der Waals surface area contributed by atoms with E-state index in [0.717, 1.165) is 22.6 Å². The van der Waals surface area contributed by atoms with E-state index in [1.807, 2.05) is 62.4 Å². The summed E-state index contributed by atoms with van der Waals surface area (Å²) >= 11 is 0. The van der Waals surface area contributed by atoms with Crippen LogP contribution in [0.4, 0.5) is 0 Å². The number of ether oxygens (including phenoxy) is 1. The Labute approximate surface area is 591 Å². The van der Waals surface area contributed by atoms with Crippen molar-refractivity contribution < 1.29 is 13.0 Å². The summed E-state index contributed by atoms with van der Waals surface area (Å²) in [5.74, 6) is 1.96. The fourth-order valence-electron chi connectivity index (χ4n) is 16.1. The lowest BCUT2D eigenvalue weighted by Crippen LogP contribution is -2.52. The smallest absolute Gasteiger partial charge is 0.131 e. The van der Waals surface area contributed by atoms with E-state index in [-0.39, 0.29) is 21.7 Å². The molecule has 97 heavy (non-hydrogen) atoms. The summed E-state index contributed by atoms with van der Waals surface area (Å²) < 4.78 is 55.1. The molecule has 2 heterocycles. The Balaban J connectivity index is 0.000000117. The lowest BCUT2D eigenvalue weighted by atomic mass is 9.60. The standard InChI is InChI=1S/2C18H20.C15H14O.C15H14.C14H14Si.C14H16Si/c2*1-17(2)13-9-5-7-11-15(13)18(3,4)16-12-8-6-10-14(16)17;1-15(2)11-7-3-5-9-13(11)16-14-10-6-4-8-12(14)15;2*1-15(2)13-9-5-3-7-11(13)12-8-4-6-10-14(12)15;1-15(2,13-9-5-3-6-10-13)14-11-7-4-8-12-14/h2*5-12H,1-4H3;3-10H,1-2H3;2*3-10H,1-2H3;3-12H,1-2H3/i1D3,2D3;;;;;. The van der Waals surface area contributed by atoms with Crippen molar-refractivity contribution in [1.82, 2.24) is 0 Å². The van der Waals surface area contributed by atoms with Crippen molar-refractivity contribution >= 4 is 36.9 Å². The molecule has 0 bridgehead atoms. The second kappa shape index (κ2) is 26.4. The molecule has 0 fully saturated rings. The van der Waals surface area contributed by atoms with Crippen LogP contribution in [0.15, 0.2) is 303 Å². The van der Waals surface area contributed by atoms with Crippen LogP contribution < -0.4 is 25.5 Å². The molecule has 0 atom stereocenters. The second-order valence-electron chi connectivity index (χ2n) is 30.3. The maximum Gasteiger partial charge on any atom is 0.131 e. The van der Waals surface area contributed by atoms with Crippen LogP contribution in [0.2, 0.25) is 26.2 Å². The largest absolute Gasteiger partial charge is 0.457 e. The fraction of sp³-hybridized carbons (Fsp3) is 0.234. The number of rotatable bonds is 2. The van der Waals surface area contributed by atoms with E-state index in [2.05, 4.69) is 312 Å². The summed E-state index contributed by atoms with van der Waals surface area (Å²) in [6.07, 6.45) is 0. The summed E-state index contributed by atoms with van der Waals surface area (Å²) in [5, 5.41) is 6.17. The van der Waals surface area contributed by atoms with Crippen molar-refractivity contribution in [2.45, 2.75) is 142 Å². The molecule has 0 saturated heterocycles. The van der Waals surface area contributed by atoms with Gasteiger partial charge < -0.3 is 4.74 Å². The summed E-state index contributed by atoms with van der Waals surface area (Å²) in [6.45, 7) is 26.7. The first-order chi connectivity index (χ1) is 48.7. The van der Waals surface area contributed by atoms with Gasteiger partial charge in [-0.05, 0) is 100 Å².